The van der Waals surface area contributed by atoms with Crippen molar-refractivity contribution in [3.05, 3.63) is 68.5 Å². The second-order valence-corrected chi connectivity index (χ2v) is 12.8. The fourth-order valence-corrected chi connectivity index (χ4v) is 5.98. The Hall–Kier alpha value is -1.99. The molecule has 0 amide bonds. The fraction of sp³-hybridized carbons (Fsp3) is 0.565. The molecule has 1 aromatic carbocycles. The van der Waals surface area contributed by atoms with Crippen LogP contribution >= 0.6 is 7.14 Å². The summed E-state index contributed by atoms with van der Waals surface area (Å²) in [6, 6.07) is 9.47. The van der Waals surface area contributed by atoms with E-state index in [9.17, 15) is 19.3 Å². The van der Waals surface area contributed by atoms with Crippen LogP contribution in [0.4, 0.5) is 0 Å². The number of hydrogen-bond donors (Lipinski definition) is 1. The van der Waals surface area contributed by atoms with Gasteiger partial charge in [-0.25, -0.2) is 9.36 Å². The van der Waals surface area contributed by atoms with Gasteiger partial charge in [-0.15, -0.1) is 0 Å². The number of aromatic nitrogens is 2. The zero-order chi connectivity index (χ0) is 23.6. The van der Waals surface area contributed by atoms with E-state index in [1.165, 1.54) is 10.8 Å². The molecule has 0 spiro atoms. The number of rotatable bonds is 8. The molecule has 0 unspecified atom stereocenters. The van der Waals surface area contributed by atoms with E-state index in [2.05, 4.69) is 0 Å². The first kappa shape index (κ1) is 24.6. The van der Waals surface area contributed by atoms with Gasteiger partial charge in [-0.05, 0) is 31.7 Å². The summed E-state index contributed by atoms with van der Waals surface area (Å²) in [5, 5.41) is 10.9. The van der Waals surface area contributed by atoms with Gasteiger partial charge in [0, 0.05) is 23.8 Å². The molecule has 3 rings (SSSR count). The minimum Gasteiger partial charge on any atom is -0.388 e. The average Bonchev–Trinajstić information content (AvgIpc) is 3.02. The third-order valence-corrected chi connectivity index (χ3v) is 7.36. The molecule has 8 nitrogen and oxygen atoms in total. The third kappa shape index (κ3) is 5.49. The van der Waals surface area contributed by atoms with Gasteiger partial charge in [-0.3, -0.25) is 9.36 Å². The molecule has 1 N–H and O–H groups in total. The lowest BCUT2D eigenvalue weighted by molar-refractivity contribution is -0.0537. The highest BCUT2D eigenvalue weighted by molar-refractivity contribution is 7.62. The lowest BCUT2D eigenvalue weighted by Crippen LogP contribution is -2.44. The van der Waals surface area contributed by atoms with Crippen LogP contribution in [0, 0.1) is 18.8 Å². The van der Waals surface area contributed by atoms with Gasteiger partial charge in [0.05, 0.1) is 19.9 Å². The summed E-state index contributed by atoms with van der Waals surface area (Å²) in [7, 11) is -2.27. The van der Waals surface area contributed by atoms with Crippen molar-refractivity contribution in [2.45, 2.75) is 52.5 Å². The van der Waals surface area contributed by atoms with Crippen molar-refractivity contribution in [3.8, 4) is 0 Å². The third-order valence-electron chi connectivity index (χ3n) is 5.91. The number of aryl methyl sites for hydroxylation is 1. The van der Waals surface area contributed by atoms with Crippen LogP contribution in [0.25, 0.3) is 0 Å². The highest BCUT2D eigenvalue weighted by Crippen LogP contribution is 2.44. The number of ether oxygens (including phenoxy) is 2. The molecule has 5 atom stereocenters. The Bertz CT molecular complexity index is 1090. The van der Waals surface area contributed by atoms with E-state index in [1.54, 1.807) is 20.3 Å². The monoisotopic (exact) mass is 464 g/mol. The number of hydrogen-bond acceptors (Lipinski definition) is 6. The second-order valence-electron chi connectivity index (χ2n) is 9.27. The van der Waals surface area contributed by atoms with Crippen LogP contribution in [-0.4, -0.2) is 45.9 Å². The molecule has 0 bridgehead atoms. The van der Waals surface area contributed by atoms with E-state index in [0.717, 1.165) is 10.1 Å². The van der Waals surface area contributed by atoms with Gasteiger partial charge in [0.25, 0.3) is 5.56 Å². The first-order valence-corrected chi connectivity index (χ1v) is 13.6. The Balaban J connectivity index is 1.84. The van der Waals surface area contributed by atoms with Crippen LogP contribution < -0.4 is 11.2 Å². The SMILES string of the molecule is Cc1cn([C@@H]2O[C@H]([C@H](C)CP(C)(C)=O)[C@@H](C)[C@H]2O)c(=O)n(COCc2ccccc2)c1=O. The summed E-state index contributed by atoms with van der Waals surface area (Å²) in [5.74, 6) is -0.314. The van der Waals surface area contributed by atoms with Crippen LogP contribution in [0.15, 0.2) is 46.1 Å². The van der Waals surface area contributed by atoms with Crippen molar-refractivity contribution in [3.63, 3.8) is 0 Å². The Morgan fingerprint density at radius 2 is 1.88 bits per heavy atom. The summed E-state index contributed by atoms with van der Waals surface area (Å²) < 4.78 is 26.3. The number of nitrogens with zero attached hydrogens (tertiary/aromatic N) is 2. The van der Waals surface area contributed by atoms with E-state index in [-0.39, 0.29) is 31.3 Å². The van der Waals surface area contributed by atoms with E-state index in [0.29, 0.717) is 11.7 Å². The summed E-state index contributed by atoms with van der Waals surface area (Å²) >= 11 is 0. The zero-order valence-electron chi connectivity index (χ0n) is 19.3. The summed E-state index contributed by atoms with van der Waals surface area (Å²) in [4.78, 5) is 25.7. The molecule has 0 aliphatic carbocycles. The first-order valence-electron chi connectivity index (χ1n) is 10.8. The lowest BCUT2D eigenvalue weighted by Gasteiger charge is -2.24. The Morgan fingerprint density at radius 1 is 1.22 bits per heavy atom. The maximum absolute atomic E-state index is 13.1. The minimum atomic E-state index is -2.27. The Labute approximate surface area is 188 Å². The minimum absolute atomic E-state index is 0.0533. The van der Waals surface area contributed by atoms with E-state index in [4.69, 9.17) is 9.47 Å². The van der Waals surface area contributed by atoms with Crippen LogP contribution in [0.5, 0.6) is 0 Å². The van der Waals surface area contributed by atoms with Crippen molar-refractivity contribution >= 4 is 7.14 Å². The van der Waals surface area contributed by atoms with E-state index >= 15 is 0 Å². The molecular weight excluding hydrogens is 431 g/mol. The molecule has 1 aromatic heterocycles. The smallest absolute Gasteiger partial charge is 0.335 e. The molecule has 9 heteroatoms. The number of aliphatic hydroxyl groups excluding tert-OH is 1. The molecule has 2 heterocycles. The normalized spacial score (nSPS) is 24.6. The van der Waals surface area contributed by atoms with Crippen LogP contribution in [-0.2, 0) is 27.4 Å². The maximum Gasteiger partial charge on any atom is 0.335 e. The quantitative estimate of drug-likeness (QED) is 0.603. The van der Waals surface area contributed by atoms with Gasteiger partial charge in [0.2, 0.25) is 0 Å². The Morgan fingerprint density at radius 3 is 2.50 bits per heavy atom. The molecule has 2 aromatic rings. The molecule has 176 valence electrons. The van der Waals surface area contributed by atoms with Gasteiger partial charge in [0.1, 0.15) is 12.8 Å². The van der Waals surface area contributed by atoms with Crippen molar-refractivity contribution in [2.75, 3.05) is 19.5 Å². The molecule has 1 fully saturated rings. The summed E-state index contributed by atoms with van der Waals surface area (Å²) in [6.07, 6.45) is -0.314. The van der Waals surface area contributed by atoms with Gasteiger partial charge < -0.3 is 19.1 Å². The molecule has 1 aliphatic heterocycles. The van der Waals surface area contributed by atoms with Crippen LogP contribution in [0.1, 0.15) is 31.2 Å². The van der Waals surface area contributed by atoms with Gasteiger partial charge in [-0.1, -0.05) is 44.2 Å². The van der Waals surface area contributed by atoms with Gasteiger partial charge >= 0.3 is 5.69 Å². The predicted octanol–water partition coefficient (Wildman–Crippen LogP) is 2.65. The first-order chi connectivity index (χ1) is 15.0. The molecular formula is C23H33N2O6P. The van der Waals surface area contributed by atoms with E-state index in [1.807, 2.05) is 44.2 Å². The zero-order valence-corrected chi connectivity index (χ0v) is 20.2. The van der Waals surface area contributed by atoms with Crippen molar-refractivity contribution in [1.29, 1.82) is 0 Å². The largest absolute Gasteiger partial charge is 0.388 e. The predicted molar refractivity (Wildman–Crippen MR) is 123 cm³/mol. The molecule has 0 radical (unpaired) electrons. The maximum atomic E-state index is 13.1. The van der Waals surface area contributed by atoms with Crippen LogP contribution in [0.3, 0.4) is 0 Å². The summed E-state index contributed by atoms with van der Waals surface area (Å²) in [6.45, 7) is 8.93. The Kier molecular flexibility index (Phi) is 7.61. The van der Waals surface area contributed by atoms with Crippen molar-refractivity contribution < 1.29 is 19.1 Å². The van der Waals surface area contributed by atoms with Crippen LogP contribution in [0.2, 0.25) is 0 Å². The average molecular weight is 464 g/mol. The molecule has 1 saturated heterocycles. The summed E-state index contributed by atoms with van der Waals surface area (Å²) in [5.41, 5.74) is 0.231. The number of aliphatic hydroxyl groups is 1. The highest BCUT2D eigenvalue weighted by Gasteiger charge is 2.45. The van der Waals surface area contributed by atoms with Crippen molar-refractivity contribution in [2.24, 2.45) is 11.8 Å². The second kappa shape index (κ2) is 9.87. The number of benzene rings is 1. The molecule has 0 saturated carbocycles. The standard InChI is InChI=1S/C23H33N2O6P/c1-15-11-24(22-19(26)17(3)20(31-22)16(2)13-32(4,5)29)23(28)25(21(15)27)14-30-12-18-9-7-6-8-10-18/h6-11,16-17,19-20,22,26H,12-14H2,1-5H3/t16-,17+,19-,20-,22-/m1/s1. The molecule has 1 aliphatic rings. The molecule has 32 heavy (non-hydrogen) atoms. The lowest BCUT2D eigenvalue weighted by atomic mass is 9.92. The highest BCUT2D eigenvalue weighted by atomic mass is 31.2. The topological polar surface area (TPSA) is 99.8 Å². The van der Waals surface area contributed by atoms with E-state index < -0.39 is 30.7 Å². The van der Waals surface area contributed by atoms with Gasteiger partial charge in [0.15, 0.2) is 6.23 Å². The van der Waals surface area contributed by atoms with Gasteiger partial charge in [-0.2, -0.15) is 0 Å². The fourth-order valence-electron chi connectivity index (χ4n) is 4.38. The van der Waals surface area contributed by atoms with Crippen molar-refractivity contribution in [1.82, 2.24) is 9.13 Å².